The van der Waals surface area contributed by atoms with Crippen LogP contribution < -0.4 is 9.04 Å². The Kier molecular flexibility index (Phi) is 7.65. The van der Waals surface area contributed by atoms with Crippen LogP contribution in [0.4, 0.5) is 5.69 Å². The second-order valence-electron chi connectivity index (χ2n) is 9.55. The highest BCUT2D eigenvalue weighted by atomic mass is 32.2. The van der Waals surface area contributed by atoms with E-state index < -0.39 is 16.1 Å². The van der Waals surface area contributed by atoms with E-state index >= 15 is 0 Å². The van der Waals surface area contributed by atoms with E-state index in [1.54, 1.807) is 18.2 Å². The van der Waals surface area contributed by atoms with Gasteiger partial charge in [-0.15, -0.1) is 0 Å². The molecule has 0 aliphatic carbocycles. The molecular weight excluding hydrogens is 450 g/mol. The molecule has 0 amide bonds. The third-order valence-electron chi connectivity index (χ3n) is 6.41. The summed E-state index contributed by atoms with van der Waals surface area (Å²) < 4.78 is 40.4. The van der Waals surface area contributed by atoms with Crippen molar-refractivity contribution in [1.82, 2.24) is 0 Å². The Morgan fingerprint density at radius 1 is 1.12 bits per heavy atom. The number of ether oxygens (including phenoxy) is 2. The minimum absolute atomic E-state index is 0.144. The van der Waals surface area contributed by atoms with Crippen molar-refractivity contribution < 1.29 is 23.0 Å². The molecule has 2 aromatic carbocycles. The number of rotatable bonds is 7. The van der Waals surface area contributed by atoms with E-state index in [9.17, 15) is 13.5 Å². The largest absolute Gasteiger partial charge is 0.462 e. The van der Waals surface area contributed by atoms with Gasteiger partial charge in [0.25, 0.3) is 10.0 Å². The molecule has 2 heterocycles. The first-order valence-electron chi connectivity index (χ1n) is 12.2. The molecule has 4 rings (SSSR count). The van der Waals surface area contributed by atoms with Gasteiger partial charge in [-0.25, -0.2) is 8.42 Å². The van der Waals surface area contributed by atoms with E-state index in [-0.39, 0.29) is 10.8 Å². The van der Waals surface area contributed by atoms with E-state index in [2.05, 4.69) is 13.0 Å². The number of aryl methyl sites for hydroxylation is 1. The summed E-state index contributed by atoms with van der Waals surface area (Å²) in [6.45, 7) is 7.91. The van der Waals surface area contributed by atoms with Gasteiger partial charge in [0.15, 0.2) is 0 Å². The lowest BCUT2D eigenvalue weighted by molar-refractivity contribution is 0.0769. The summed E-state index contributed by atoms with van der Waals surface area (Å²) in [5.74, 6) is 1.77. The fourth-order valence-corrected chi connectivity index (χ4v) is 6.13. The van der Waals surface area contributed by atoms with Gasteiger partial charge in [0.05, 0.1) is 16.7 Å². The van der Waals surface area contributed by atoms with Gasteiger partial charge in [-0.1, -0.05) is 32.9 Å². The lowest BCUT2D eigenvalue weighted by Crippen LogP contribution is -2.34. The number of sulfonamides is 1. The average Bonchev–Trinajstić information content (AvgIpc) is 2.83. The monoisotopic (exact) mass is 485 g/mol. The number of hydrogen-bond donors (Lipinski definition) is 1. The molecule has 2 aromatic rings. The molecule has 0 radical (unpaired) electrons. The summed E-state index contributed by atoms with van der Waals surface area (Å²) in [6.07, 6.45) is 4.39. The highest BCUT2D eigenvalue weighted by Crippen LogP contribution is 2.39. The summed E-state index contributed by atoms with van der Waals surface area (Å²) in [7, 11) is -3.82. The first-order chi connectivity index (χ1) is 16.3. The number of anilines is 1. The zero-order valence-corrected chi connectivity index (χ0v) is 21.1. The van der Waals surface area contributed by atoms with Crippen molar-refractivity contribution in [1.29, 1.82) is 0 Å². The number of benzene rings is 2. The van der Waals surface area contributed by atoms with Crippen LogP contribution in [-0.2, 0) is 21.2 Å². The van der Waals surface area contributed by atoms with Gasteiger partial charge in [-0.2, -0.15) is 0 Å². The molecule has 6 nitrogen and oxygen atoms in total. The van der Waals surface area contributed by atoms with E-state index in [4.69, 9.17) is 9.47 Å². The molecule has 0 spiro atoms. The van der Waals surface area contributed by atoms with Gasteiger partial charge in [0.2, 0.25) is 0 Å². The van der Waals surface area contributed by atoms with E-state index in [0.717, 1.165) is 43.8 Å². The summed E-state index contributed by atoms with van der Waals surface area (Å²) in [5, 5.41) is 10.9. The molecule has 184 valence electrons. The maximum atomic E-state index is 13.7. The van der Waals surface area contributed by atoms with Gasteiger partial charge < -0.3 is 14.6 Å². The van der Waals surface area contributed by atoms with Crippen LogP contribution in [0.25, 0.3) is 0 Å². The third kappa shape index (κ3) is 5.48. The molecule has 7 heteroatoms. The molecule has 34 heavy (non-hydrogen) atoms. The molecule has 0 bridgehead atoms. The number of fused-ring (bicyclic) bond motifs is 1. The second-order valence-corrected chi connectivity index (χ2v) is 11.4. The summed E-state index contributed by atoms with van der Waals surface area (Å²) in [4.78, 5) is 0.158. The van der Waals surface area contributed by atoms with Crippen LogP contribution in [0.2, 0.25) is 0 Å². The molecule has 1 atom stereocenters. The summed E-state index contributed by atoms with van der Waals surface area (Å²) >= 11 is 0. The lowest BCUT2D eigenvalue weighted by Gasteiger charge is -2.29. The number of aliphatic hydroxyl groups is 1. The van der Waals surface area contributed by atoms with Gasteiger partial charge >= 0.3 is 0 Å². The molecule has 2 aliphatic heterocycles. The molecular formula is C27H35NO5S. The van der Waals surface area contributed by atoms with E-state index in [1.165, 1.54) is 4.31 Å². The zero-order chi connectivity index (χ0) is 24.3. The highest BCUT2D eigenvalue weighted by molar-refractivity contribution is 7.92. The second kappa shape index (κ2) is 10.5. The Hall–Kier alpha value is -2.35. The topological polar surface area (TPSA) is 76.1 Å². The first-order valence-corrected chi connectivity index (χ1v) is 13.6. The van der Waals surface area contributed by atoms with Crippen LogP contribution in [0.5, 0.6) is 5.75 Å². The van der Waals surface area contributed by atoms with Crippen molar-refractivity contribution in [2.75, 3.05) is 24.1 Å². The number of nitrogens with zero attached hydrogens (tertiary/aromatic N) is 1. The van der Waals surface area contributed by atoms with E-state index in [1.807, 2.05) is 38.1 Å². The van der Waals surface area contributed by atoms with Crippen molar-refractivity contribution >= 4 is 15.7 Å². The van der Waals surface area contributed by atoms with Crippen LogP contribution in [-0.4, -0.2) is 33.3 Å². The highest BCUT2D eigenvalue weighted by Gasteiger charge is 2.30. The van der Waals surface area contributed by atoms with Crippen molar-refractivity contribution in [3.63, 3.8) is 0 Å². The Balaban J connectivity index is 1.63. The molecule has 1 N–H and O–H groups in total. The zero-order valence-electron chi connectivity index (χ0n) is 20.2. The molecule has 0 aromatic heterocycles. The van der Waals surface area contributed by atoms with Crippen molar-refractivity contribution in [3.05, 3.63) is 65.4 Å². The molecule has 2 aliphatic rings. The SMILES string of the molecule is CCc1ccc(N(CC(C)C)S(=O)(=O)c2ccc3c(c2)C(O)CC(=CC2CCOCC2)O3)cc1. The smallest absolute Gasteiger partial charge is 0.264 e. The van der Waals surface area contributed by atoms with Crippen LogP contribution in [0.1, 0.15) is 57.3 Å². The Labute approximate surface area is 203 Å². The van der Waals surface area contributed by atoms with Gasteiger partial charge in [-0.3, -0.25) is 4.31 Å². The maximum Gasteiger partial charge on any atom is 0.264 e. The van der Waals surface area contributed by atoms with Crippen LogP contribution in [0, 0.1) is 11.8 Å². The van der Waals surface area contributed by atoms with Gasteiger partial charge in [-0.05, 0) is 73.1 Å². The lowest BCUT2D eigenvalue weighted by atomic mass is 9.96. The Morgan fingerprint density at radius 3 is 2.47 bits per heavy atom. The third-order valence-corrected chi connectivity index (χ3v) is 8.20. The fraction of sp³-hybridized carbons (Fsp3) is 0.481. The standard InChI is InChI=1S/C27H35NO5S/c1-4-20-5-7-22(8-6-20)28(18-19(2)3)34(30,31)24-9-10-27-25(17-24)26(29)16-23(33-27)15-21-11-13-32-14-12-21/h5-10,15,17,19,21,26,29H,4,11-14,16,18H2,1-3H3. The minimum Gasteiger partial charge on any atom is -0.462 e. The van der Waals surface area contributed by atoms with Gasteiger partial charge in [0, 0.05) is 31.7 Å². The van der Waals surface area contributed by atoms with Crippen LogP contribution >= 0.6 is 0 Å². The van der Waals surface area contributed by atoms with Crippen LogP contribution in [0.15, 0.2) is 59.2 Å². The normalized spacial score (nSPS) is 20.3. The van der Waals surface area contributed by atoms with Crippen molar-refractivity contribution in [2.24, 2.45) is 11.8 Å². The van der Waals surface area contributed by atoms with Gasteiger partial charge in [0.1, 0.15) is 11.5 Å². The maximum absolute atomic E-state index is 13.7. The number of allylic oxidation sites excluding steroid dienone is 1. The first kappa shape index (κ1) is 24.8. The molecule has 1 fully saturated rings. The number of aliphatic hydroxyl groups excluding tert-OH is 1. The average molecular weight is 486 g/mol. The van der Waals surface area contributed by atoms with Crippen molar-refractivity contribution in [3.8, 4) is 5.75 Å². The number of hydrogen-bond acceptors (Lipinski definition) is 5. The molecule has 1 unspecified atom stereocenters. The predicted molar refractivity (Wildman–Crippen MR) is 133 cm³/mol. The van der Waals surface area contributed by atoms with E-state index in [0.29, 0.717) is 35.9 Å². The Morgan fingerprint density at radius 2 is 1.82 bits per heavy atom. The molecule has 0 saturated carbocycles. The summed E-state index contributed by atoms with van der Waals surface area (Å²) in [5.41, 5.74) is 2.31. The van der Waals surface area contributed by atoms with Crippen molar-refractivity contribution in [2.45, 2.75) is 57.5 Å². The molecule has 1 saturated heterocycles. The Bertz CT molecular complexity index is 1120. The predicted octanol–water partition coefficient (Wildman–Crippen LogP) is 5.23. The quantitative estimate of drug-likeness (QED) is 0.581. The fourth-order valence-electron chi connectivity index (χ4n) is 4.47. The van der Waals surface area contributed by atoms with Crippen LogP contribution in [0.3, 0.4) is 0 Å². The minimum atomic E-state index is -3.82. The summed E-state index contributed by atoms with van der Waals surface area (Å²) in [6, 6.07) is 12.5.